The number of aryl methyl sites for hydroxylation is 2. The molecule has 0 saturated heterocycles. The lowest BCUT2D eigenvalue weighted by molar-refractivity contribution is 0.102. The maximum atomic E-state index is 13.4. The van der Waals surface area contributed by atoms with Gasteiger partial charge in [-0.15, -0.1) is 0 Å². The molecular weight excluding hydrogens is 607 g/mol. The molecule has 3 aromatic carbocycles. The van der Waals surface area contributed by atoms with Crippen molar-refractivity contribution in [1.29, 1.82) is 0 Å². The number of nitrogens with zero attached hydrogens (tertiary/aromatic N) is 1. The van der Waals surface area contributed by atoms with Gasteiger partial charge in [0.1, 0.15) is 0 Å². The minimum Gasteiger partial charge on any atom is -0.322 e. The normalized spacial score (nSPS) is 11.0. The van der Waals surface area contributed by atoms with E-state index in [1.807, 2.05) is 62.4 Å². The van der Waals surface area contributed by atoms with Crippen molar-refractivity contribution < 1.29 is 4.79 Å². The molecule has 0 spiro atoms. The highest BCUT2D eigenvalue weighted by atomic mass is 79.9. The molecular formula is C24H16Br3ClN2O. The van der Waals surface area contributed by atoms with Crippen molar-refractivity contribution in [2.45, 2.75) is 13.8 Å². The van der Waals surface area contributed by atoms with E-state index in [9.17, 15) is 4.79 Å². The van der Waals surface area contributed by atoms with Crippen LogP contribution in [0.3, 0.4) is 0 Å². The molecule has 0 aliphatic carbocycles. The van der Waals surface area contributed by atoms with Crippen molar-refractivity contribution >= 4 is 81.9 Å². The molecule has 0 aliphatic rings. The average molecular weight is 624 g/mol. The summed E-state index contributed by atoms with van der Waals surface area (Å²) in [6, 6.07) is 17.3. The number of hydrogen-bond acceptors (Lipinski definition) is 2. The smallest absolute Gasteiger partial charge is 0.256 e. The zero-order valence-electron chi connectivity index (χ0n) is 16.6. The molecule has 1 aromatic heterocycles. The predicted octanol–water partition coefficient (Wildman–Crippen LogP) is 8.71. The Morgan fingerprint density at radius 2 is 1.61 bits per heavy atom. The number of anilines is 1. The first-order valence-electron chi connectivity index (χ1n) is 9.37. The molecule has 1 N–H and O–H groups in total. The highest BCUT2D eigenvalue weighted by molar-refractivity contribution is 9.11. The highest BCUT2D eigenvalue weighted by Crippen LogP contribution is 2.32. The van der Waals surface area contributed by atoms with Gasteiger partial charge in [0.05, 0.1) is 21.8 Å². The summed E-state index contributed by atoms with van der Waals surface area (Å²) in [5.74, 6) is -0.218. The number of carbonyl (C=O) groups is 1. The van der Waals surface area contributed by atoms with E-state index < -0.39 is 0 Å². The van der Waals surface area contributed by atoms with Crippen LogP contribution in [0.4, 0.5) is 5.69 Å². The summed E-state index contributed by atoms with van der Waals surface area (Å²) >= 11 is 16.7. The van der Waals surface area contributed by atoms with Crippen molar-refractivity contribution in [3.8, 4) is 11.3 Å². The SMILES string of the molecule is Cc1cc(Br)c(Cl)cc1NC(=O)c1cc(-c2ccc(Br)cc2)nc2c(C)cc(Br)cc12. The van der Waals surface area contributed by atoms with Gasteiger partial charge in [-0.1, -0.05) is 55.6 Å². The third-order valence-corrected chi connectivity index (χ3v) is 7.15. The molecule has 0 unspecified atom stereocenters. The number of rotatable bonds is 3. The molecule has 0 fully saturated rings. The van der Waals surface area contributed by atoms with E-state index in [1.165, 1.54) is 0 Å². The Morgan fingerprint density at radius 3 is 2.32 bits per heavy atom. The summed E-state index contributed by atoms with van der Waals surface area (Å²) in [6.45, 7) is 3.92. The second-order valence-electron chi connectivity index (χ2n) is 7.22. The van der Waals surface area contributed by atoms with Crippen molar-refractivity contribution in [1.82, 2.24) is 4.98 Å². The van der Waals surface area contributed by atoms with Crippen LogP contribution >= 0.6 is 59.4 Å². The predicted molar refractivity (Wildman–Crippen MR) is 139 cm³/mol. The van der Waals surface area contributed by atoms with Gasteiger partial charge in [0, 0.05) is 30.1 Å². The fourth-order valence-electron chi connectivity index (χ4n) is 3.38. The minimum atomic E-state index is -0.218. The Kier molecular flexibility index (Phi) is 6.54. The number of hydrogen-bond donors (Lipinski definition) is 1. The van der Waals surface area contributed by atoms with Gasteiger partial charge in [0.2, 0.25) is 0 Å². The van der Waals surface area contributed by atoms with Gasteiger partial charge in [-0.3, -0.25) is 4.79 Å². The van der Waals surface area contributed by atoms with E-state index in [4.69, 9.17) is 16.6 Å². The van der Waals surface area contributed by atoms with Crippen LogP contribution in [0.15, 0.2) is 68.0 Å². The van der Waals surface area contributed by atoms with Gasteiger partial charge in [0.25, 0.3) is 5.91 Å². The summed E-state index contributed by atoms with van der Waals surface area (Å²) < 4.78 is 2.67. The Morgan fingerprint density at radius 1 is 0.903 bits per heavy atom. The molecule has 0 aliphatic heterocycles. The number of aromatic nitrogens is 1. The first-order valence-corrected chi connectivity index (χ1v) is 12.1. The van der Waals surface area contributed by atoms with E-state index in [-0.39, 0.29) is 5.91 Å². The van der Waals surface area contributed by atoms with Gasteiger partial charge in [-0.05, 0) is 83.4 Å². The largest absolute Gasteiger partial charge is 0.322 e. The standard InChI is InChI=1S/C24H16Br3ClN2O/c1-12-8-19(27)20(28)11-21(12)30-24(31)18-10-22(14-3-5-15(25)6-4-14)29-23-13(2)7-16(26)9-17(18)23/h3-11H,1-2H3,(H,30,31). The number of pyridine rings is 1. The molecule has 0 radical (unpaired) electrons. The number of halogens is 4. The molecule has 3 nitrogen and oxygen atoms in total. The van der Waals surface area contributed by atoms with Gasteiger partial charge in [-0.25, -0.2) is 4.98 Å². The summed E-state index contributed by atoms with van der Waals surface area (Å²) in [5, 5.41) is 4.34. The van der Waals surface area contributed by atoms with Crippen molar-refractivity contribution in [2.75, 3.05) is 5.32 Å². The number of carbonyl (C=O) groups excluding carboxylic acids is 1. The molecule has 7 heteroatoms. The first kappa shape index (κ1) is 22.5. The number of nitrogens with one attached hydrogen (secondary N) is 1. The van der Waals surface area contributed by atoms with Crippen LogP contribution in [0, 0.1) is 13.8 Å². The maximum absolute atomic E-state index is 13.4. The lowest BCUT2D eigenvalue weighted by Gasteiger charge is -2.14. The zero-order chi connectivity index (χ0) is 22.3. The third-order valence-electron chi connectivity index (χ3n) is 4.97. The fraction of sp³-hybridized carbons (Fsp3) is 0.0833. The summed E-state index contributed by atoms with van der Waals surface area (Å²) in [6.07, 6.45) is 0. The molecule has 156 valence electrons. The van der Waals surface area contributed by atoms with Crippen LogP contribution in [-0.4, -0.2) is 10.9 Å². The van der Waals surface area contributed by atoms with E-state index >= 15 is 0 Å². The summed E-state index contributed by atoms with van der Waals surface area (Å²) in [5.41, 5.74) is 5.57. The van der Waals surface area contributed by atoms with E-state index in [2.05, 4.69) is 53.1 Å². The Balaban J connectivity index is 1.88. The van der Waals surface area contributed by atoms with Crippen molar-refractivity contribution in [3.05, 3.63) is 89.7 Å². The van der Waals surface area contributed by atoms with Gasteiger partial charge < -0.3 is 5.32 Å². The molecule has 4 aromatic rings. The number of fused-ring (bicyclic) bond motifs is 1. The van der Waals surface area contributed by atoms with E-state index in [0.29, 0.717) is 16.3 Å². The highest BCUT2D eigenvalue weighted by Gasteiger charge is 2.17. The topological polar surface area (TPSA) is 42.0 Å². The van der Waals surface area contributed by atoms with Crippen LogP contribution in [0.25, 0.3) is 22.2 Å². The third kappa shape index (κ3) is 4.72. The zero-order valence-corrected chi connectivity index (χ0v) is 22.1. The van der Waals surface area contributed by atoms with Gasteiger partial charge in [-0.2, -0.15) is 0 Å². The molecule has 0 bridgehead atoms. The monoisotopic (exact) mass is 620 g/mol. The summed E-state index contributed by atoms with van der Waals surface area (Å²) in [4.78, 5) is 18.3. The van der Waals surface area contributed by atoms with Crippen molar-refractivity contribution in [2.24, 2.45) is 0 Å². The van der Waals surface area contributed by atoms with Gasteiger partial charge >= 0.3 is 0 Å². The Hall–Kier alpha value is -1.73. The quantitative estimate of drug-likeness (QED) is 0.248. The lowest BCUT2D eigenvalue weighted by atomic mass is 10.0. The Labute approximate surface area is 210 Å². The average Bonchev–Trinajstić information content (AvgIpc) is 2.72. The molecule has 1 heterocycles. The number of amides is 1. The van der Waals surface area contributed by atoms with Crippen LogP contribution < -0.4 is 5.32 Å². The molecule has 1 amide bonds. The van der Waals surface area contributed by atoms with Crippen LogP contribution in [-0.2, 0) is 0 Å². The van der Waals surface area contributed by atoms with E-state index in [0.717, 1.165) is 46.7 Å². The van der Waals surface area contributed by atoms with Crippen LogP contribution in [0.2, 0.25) is 5.02 Å². The molecule has 0 atom stereocenters. The first-order chi connectivity index (χ1) is 14.7. The van der Waals surface area contributed by atoms with Crippen LogP contribution in [0.5, 0.6) is 0 Å². The number of benzene rings is 3. The summed E-state index contributed by atoms with van der Waals surface area (Å²) in [7, 11) is 0. The second kappa shape index (κ2) is 9.02. The minimum absolute atomic E-state index is 0.218. The Bertz CT molecular complexity index is 1340. The van der Waals surface area contributed by atoms with E-state index in [1.54, 1.807) is 6.07 Å². The van der Waals surface area contributed by atoms with Gasteiger partial charge in [0.15, 0.2) is 0 Å². The lowest BCUT2D eigenvalue weighted by Crippen LogP contribution is -2.14. The second-order valence-corrected chi connectivity index (χ2v) is 10.3. The molecule has 4 rings (SSSR count). The maximum Gasteiger partial charge on any atom is 0.256 e. The molecule has 31 heavy (non-hydrogen) atoms. The fourth-order valence-corrected chi connectivity index (χ4v) is 4.84. The van der Waals surface area contributed by atoms with Crippen molar-refractivity contribution in [3.63, 3.8) is 0 Å². The van der Waals surface area contributed by atoms with Crippen LogP contribution in [0.1, 0.15) is 21.5 Å². The molecule has 0 saturated carbocycles.